The Morgan fingerprint density at radius 1 is 0.977 bits per heavy atom. The van der Waals surface area contributed by atoms with Gasteiger partial charge in [0.15, 0.2) is 17.5 Å². The molecule has 0 saturated carbocycles. The predicted octanol–water partition coefficient (Wildman–Crippen LogP) is 5.62. The number of morpholine rings is 1. The second-order valence-electron chi connectivity index (χ2n) is 12.4. The number of anilines is 1. The van der Waals surface area contributed by atoms with Gasteiger partial charge in [0.1, 0.15) is 0 Å². The molecule has 4 aromatic rings. The SMILES string of the molecule is C[C@@H]1CN(c2c(CO[Si](c3ccccc3)(c3ccccc3)C(C)(C)C)cc(C(=O)c3nccn3C)c(F)c2F)C[C@H](C)O1. The summed E-state index contributed by atoms with van der Waals surface area (Å²) in [6, 6.07) is 21.7. The summed E-state index contributed by atoms with van der Waals surface area (Å²) in [5, 5.41) is 1.80. The van der Waals surface area contributed by atoms with Crippen molar-refractivity contribution in [1.29, 1.82) is 0 Å². The van der Waals surface area contributed by atoms with Crippen molar-refractivity contribution in [2.75, 3.05) is 18.0 Å². The first-order valence-corrected chi connectivity index (χ1v) is 16.5. The van der Waals surface area contributed by atoms with E-state index in [-0.39, 0.29) is 40.9 Å². The lowest BCUT2D eigenvalue weighted by Gasteiger charge is -2.43. The number of hydrogen-bond donors (Lipinski definition) is 0. The van der Waals surface area contributed by atoms with Crippen molar-refractivity contribution in [3.8, 4) is 0 Å². The van der Waals surface area contributed by atoms with Crippen LogP contribution in [0.5, 0.6) is 0 Å². The van der Waals surface area contributed by atoms with E-state index < -0.39 is 25.7 Å². The minimum Gasteiger partial charge on any atom is -0.403 e. The van der Waals surface area contributed by atoms with Crippen LogP contribution in [-0.2, 0) is 22.8 Å². The average Bonchev–Trinajstić information content (AvgIpc) is 3.40. The normalized spacial score (nSPS) is 17.7. The van der Waals surface area contributed by atoms with Crippen molar-refractivity contribution in [2.24, 2.45) is 7.05 Å². The maximum absolute atomic E-state index is 16.3. The average molecular weight is 604 g/mol. The first kappa shape index (κ1) is 30.8. The van der Waals surface area contributed by atoms with Crippen LogP contribution in [0.1, 0.15) is 56.4 Å². The Labute approximate surface area is 253 Å². The van der Waals surface area contributed by atoms with E-state index >= 15 is 8.78 Å². The fourth-order valence-electron chi connectivity index (χ4n) is 6.30. The molecule has 2 heterocycles. The lowest BCUT2D eigenvalue weighted by molar-refractivity contribution is -0.00553. The molecule has 1 fully saturated rings. The van der Waals surface area contributed by atoms with Gasteiger partial charge in [0.05, 0.1) is 30.1 Å². The Kier molecular flexibility index (Phi) is 8.69. The minimum atomic E-state index is -3.03. The van der Waals surface area contributed by atoms with Crippen LogP contribution in [0.25, 0.3) is 0 Å². The van der Waals surface area contributed by atoms with E-state index in [9.17, 15) is 4.79 Å². The summed E-state index contributed by atoms with van der Waals surface area (Å²) >= 11 is 0. The number of halogens is 2. The number of ether oxygens (including phenoxy) is 1. The third-order valence-corrected chi connectivity index (χ3v) is 13.1. The fourth-order valence-corrected chi connectivity index (χ4v) is 10.8. The zero-order valence-electron chi connectivity index (χ0n) is 25.6. The lowest BCUT2D eigenvalue weighted by Crippen LogP contribution is -2.66. The number of rotatable bonds is 8. The molecule has 2 atom stereocenters. The van der Waals surface area contributed by atoms with Crippen molar-refractivity contribution < 1.29 is 22.7 Å². The summed E-state index contributed by atoms with van der Waals surface area (Å²) in [6.07, 6.45) is 2.68. The molecule has 1 saturated heterocycles. The Balaban J connectivity index is 1.68. The Morgan fingerprint density at radius 2 is 1.53 bits per heavy atom. The molecule has 0 bridgehead atoms. The fraction of sp³-hybridized carbons (Fsp3) is 0.353. The molecular weight excluding hydrogens is 564 g/mol. The van der Waals surface area contributed by atoms with Gasteiger partial charge in [-0.15, -0.1) is 0 Å². The summed E-state index contributed by atoms with van der Waals surface area (Å²) in [4.78, 5) is 19.4. The van der Waals surface area contributed by atoms with Gasteiger partial charge >= 0.3 is 0 Å². The number of hydrogen-bond acceptors (Lipinski definition) is 5. The number of aromatic nitrogens is 2. The molecule has 3 aromatic carbocycles. The largest absolute Gasteiger partial charge is 0.403 e. The molecule has 226 valence electrons. The van der Waals surface area contributed by atoms with Crippen LogP contribution < -0.4 is 15.3 Å². The molecule has 0 radical (unpaired) electrons. The maximum Gasteiger partial charge on any atom is 0.261 e. The predicted molar refractivity (Wildman–Crippen MR) is 168 cm³/mol. The third-order valence-electron chi connectivity index (χ3n) is 8.13. The van der Waals surface area contributed by atoms with Gasteiger partial charge in [0.2, 0.25) is 5.78 Å². The van der Waals surface area contributed by atoms with Crippen molar-refractivity contribution >= 4 is 30.2 Å². The summed E-state index contributed by atoms with van der Waals surface area (Å²) in [6.45, 7) is 11.0. The Morgan fingerprint density at radius 3 is 2.02 bits per heavy atom. The van der Waals surface area contributed by atoms with Gasteiger partial charge in [0.25, 0.3) is 8.32 Å². The summed E-state index contributed by atoms with van der Waals surface area (Å²) < 4.78 is 46.7. The van der Waals surface area contributed by atoms with Crippen LogP contribution in [0.15, 0.2) is 79.1 Å². The van der Waals surface area contributed by atoms with Gasteiger partial charge in [-0.05, 0) is 35.3 Å². The number of ketones is 1. The number of imidazole rings is 1. The van der Waals surface area contributed by atoms with Crippen LogP contribution in [0.3, 0.4) is 0 Å². The van der Waals surface area contributed by atoms with Gasteiger partial charge < -0.3 is 18.6 Å². The molecular formula is C34H39F2N3O3Si. The smallest absolute Gasteiger partial charge is 0.261 e. The third kappa shape index (κ3) is 5.81. The van der Waals surface area contributed by atoms with Crippen molar-refractivity contribution in [1.82, 2.24) is 9.55 Å². The molecule has 5 rings (SSSR count). The van der Waals surface area contributed by atoms with E-state index in [1.54, 1.807) is 13.2 Å². The quantitative estimate of drug-likeness (QED) is 0.193. The molecule has 1 aromatic heterocycles. The topological polar surface area (TPSA) is 56.6 Å². The molecule has 1 aliphatic heterocycles. The van der Waals surface area contributed by atoms with Crippen LogP contribution >= 0.6 is 0 Å². The molecule has 0 amide bonds. The summed E-state index contributed by atoms with van der Waals surface area (Å²) in [7, 11) is -1.38. The molecule has 1 aliphatic rings. The second kappa shape index (κ2) is 12.1. The highest BCUT2D eigenvalue weighted by Gasteiger charge is 2.50. The minimum absolute atomic E-state index is 0.0264. The van der Waals surface area contributed by atoms with Gasteiger partial charge in [-0.3, -0.25) is 4.79 Å². The molecule has 0 N–H and O–H groups in total. The molecule has 0 unspecified atom stereocenters. The second-order valence-corrected chi connectivity index (χ2v) is 16.7. The highest BCUT2D eigenvalue weighted by atomic mass is 28.4. The van der Waals surface area contributed by atoms with Gasteiger partial charge in [-0.1, -0.05) is 81.4 Å². The number of carbonyl (C=O) groups is 1. The highest BCUT2D eigenvalue weighted by molar-refractivity contribution is 6.99. The summed E-state index contributed by atoms with van der Waals surface area (Å²) in [5.74, 6) is -2.92. The van der Waals surface area contributed by atoms with Crippen molar-refractivity contribution in [2.45, 2.75) is 58.5 Å². The van der Waals surface area contributed by atoms with E-state index in [1.165, 1.54) is 16.8 Å². The first-order valence-electron chi connectivity index (χ1n) is 14.6. The standard InChI is InChI=1S/C34H39F2N3O3Si/c1-23-20-39(21-24(2)42-23)31-25(19-28(29(35)30(31)36)32(40)33-37-17-18-38(33)6)22-41-43(34(3,4)5,26-13-9-7-10-14-26)27-15-11-8-12-16-27/h7-19,23-24H,20-22H2,1-6H3/t23-,24+. The monoisotopic (exact) mass is 603 g/mol. The molecule has 6 nitrogen and oxygen atoms in total. The summed E-state index contributed by atoms with van der Waals surface area (Å²) in [5.41, 5.74) is 0.144. The molecule has 43 heavy (non-hydrogen) atoms. The van der Waals surface area contributed by atoms with E-state index in [0.29, 0.717) is 18.7 Å². The number of benzene rings is 3. The van der Waals surface area contributed by atoms with Crippen LogP contribution in [0, 0.1) is 11.6 Å². The van der Waals surface area contributed by atoms with E-state index in [0.717, 1.165) is 10.4 Å². The van der Waals surface area contributed by atoms with Crippen molar-refractivity contribution in [3.63, 3.8) is 0 Å². The highest BCUT2D eigenvalue weighted by Crippen LogP contribution is 2.39. The van der Waals surface area contributed by atoms with Crippen LogP contribution in [-0.4, -0.2) is 48.9 Å². The number of aryl methyl sites for hydroxylation is 1. The first-order chi connectivity index (χ1) is 20.4. The van der Waals surface area contributed by atoms with Crippen molar-refractivity contribution in [3.05, 3.63) is 108 Å². The van der Waals surface area contributed by atoms with E-state index in [1.807, 2.05) is 55.1 Å². The van der Waals surface area contributed by atoms with Crippen LogP contribution in [0.4, 0.5) is 14.5 Å². The van der Waals surface area contributed by atoms with E-state index in [4.69, 9.17) is 9.16 Å². The lowest BCUT2D eigenvalue weighted by atomic mass is 10.0. The zero-order chi connectivity index (χ0) is 30.9. The zero-order valence-corrected chi connectivity index (χ0v) is 26.6. The number of carbonyl (C=O) groups excluding carboxylic acids is 1. The van der Waals surface area contributed by atoms with Gasteiger partial charge in [0, 0.05) is 38.1 Å². The molecule has 0 spiro atoms. The van der Waals surface area contributed by atoms with Gasteiger partial charge in [-0.2, -0.15) is 0 Å². The molecule has 9 heteroatoms. The Bertz CT molecular complexity index is 1540. The number of nitrogens with zero attached hydrogens (tertiary/aromatic N) is 3. The maximum atomic E-state index is 16.3. The van der Waals surface area contributed by atoms with E-state index in [2.05, 4.69) is 50.0 Å². The van der Waals surface area contributed by atoms with Crippen LogP contribution in [0.2, 0.25) is 5.04 Å². The Hall–Kier alpha value is -3.66. The molecule has 0 aliphatic carbocycles. The van der Waals surface area contributed by atoms with Gasteiger partial charge in [-0.25, -0.2) is 13.8 Å².